The third-order valence-corrected chi connectivity index (χ3v) is 4.44. The highest BCUT2D eigenvalue weighted by atomic mass is 19.4. The maximum absolute atomic E-state index is 12.8. The monoisotopic (exact) mass is 403 g/mol. The van der Waals surface area contributed by atoms with Gasteiger partial charge in [0.15, 0.2) is 5.82 Å². The smallest absolute Gasteiger partial charge is 0.345 e. The summed E-state index contributed by atoms with van der Waals surface area (Å²) in [5.41, 5.74) is 0.971. The molecular weight excluding hydrogens is 383 g/mol. The Labute approximate surface area is 165 Å². The van der Waals surface area contributed by atoms with Crippen LogP contribution in [0.25, 0.3) is 5.82 Å². The first-order chi connectivity index (χ1) is 13.7. The number of carbonyl (C=O) groups is 1. The van der Waals surface area contributed by atoms with Crippen LogP contribution in [-0.2, 0) is 6.18 Å². The molecule has 3 aromatic heterocycles. The fraction of sp³-hybridized carbons (Fsp3) is 0.300. The van der Waals surface area contributed by atoms with Crippen LogP contribution in [0.4, 0.5) is 13.2 Å². The zero-order valence-corrected chi connectivity index (χ0v) is 16.1. The van der Waals surface area contributed by atoms with Crippen LogP contribution in [0, 0.1) is 0 Å². The summed E-state index contributed by atoms with van der Waals surface area (Å²) in [6, 6.07) is 5.55. The third kappa shape index (κ3) is 4.44. The van der Waals surface area contributed by atoms with Gasteiger partial charge in [-0.2, -0.15) is 18.3 Å². The average molecular weight is 403 g/mol. The van der Waals surface area contributed by atoms with Crippen LogP contribution in [0.2, 0.25) is 0 Å². The fourth-order valence-electron chi connectivity index (χ4n) is 2.96. The number of halogens is 3. The van der Waals surface area contributed by atoms with Gasteiger partial charge in [0.05, 0.1) is 29.1 Å². The first-order valence-electron chi connectivity index (χ1n) is 9.00. The topological polar surface area (TPSA) is 72.7 Å². The van der Waals surface area contributed by atoms with Crippen molar-refractivity contribution in [2.75, 3.05) is 0 Å². The van der Waals surface area contributed by atoms with Crippen molar-refractivity contribution in [3.05, 3.63) is 71.4 Å². The molecule has 9 heteroatoms. The van der Waals surface area contributed by atoms with Gasteiger partial charge in [-0.1, -0.05) is 13.8 Å². The highest BCUT2D eigenvalue weighted by Crippen LogP contribution is 2.29. The van der Waals surface area contributed by atoms with Crippen LogP contribution in [-0.4, -0.2) is 25.7 Å². The molecule has 0 fully saturated rings. The summed E-state index contributed by atoms with van der Waals surface area (Å²) in [4.78, 5) is 20.7. The van der Waals surface area contributed by atoms with Crippen molar-refractivity contribution >= 4 is 5.91 Å². The van der Waals surface area contributed by atoms with E-state index in [9.17, 15) is 18.0 Å². The molecule has 1 atom stereocenters. The second-order valence-electron chi connectivity index (χ2n) is 6.89. The lowest BCUT2D eigenvalue weighted by molar-refractivity contribution is -0.137. The fourth-order valence-corrected chi connectivity index (χ4v) is 2.96. The summed E-state index contributed by atoms with van der Waals surface area (Å²) >= 11 is 0. The highest BCUT2D eigenvalue weighted by molar-refractivity contribution is 5.95. The Hall–Kier alpha value is -3.23. The lowest BCUT2D eigenvalue weighted by atomic mass is 10.0. The maximum Gasteiger partial charge on any atom is 0.417 e. The number of hydrogen-bond donors (Lipinski definition) is 1. The molecule has 3 heterocycles. The summed E-state index contributed by atoms with van der Waals surface area (Å²) in [5, 5.41) is 7.12. The zero-order chi connectivity index (χ0) is 21.2. The predicted octanol–water partition coefficient (Wildman–Crippen LogP) is 4.30. The van der Waals surface area contributed by atoms with Gasteiger partial charge in [-0.05, 0) is 42.7 Å². The summed E-state index contributed by atoms with van der Waals surface area (Å²) in [6.07, 6.45) is 0.984. The molecule has 1 unspecified atom stereocenters. The summed E-state index contributed by atoms with van der Waals surface area (Å²) in [7, 11) is 0. The number of nitrogens with zero attached hydrogens (tertiary/aromatic N) is 4. The first-order valence-corrected chi connectivity index (χ1v) is 9.00. The molecular formula is C20H20F3N5O. The van der Waals surface area contributed by atoms with Crippen molar-refractivity contribution in [3.63, 3.8) is 0 Å². The quantitative estimate of drug-likeness (QED) is 0.690. The molecule has 0 aliphatic heterocycles. The number of carbonyl (C=O) groups excluding carboxylic acids is 1. The average Bonchev–Trinajstić information content (AvgIpc) is 3.13. The normalized spacial score (nSPS) is 12.8. The van der Waals surface area contributed by atoms with E-state index < -0.39 is 11.7 Å². The largest absolute Gasteiger partial charge is 0.417 e. The van der Waals surface area contributed by atoms with Crippen molar-refractivity contribution in [1.82, 2.24) is 25.1 Å². The van der Waals surface area contributed by atoms with Gasteiger partial charge in [0, 0.05) is 18.6 Å². The van der Waals surface area contributed by atoms with E-state index in [1.165, 1.54) is 16.9 Å². The first kappa shape index (κ1) is 20.5. The van der Waals surface area contributed by atoms with Crippen molar-refractivity contribution < 1.29 is 18.0 Å². The molecule has 0 saturated heterocycles. The van der Waals surface area contributed by atoms with Gasteiger partial charge in [0.25, 0.3) is 5.91 Å². The standard InChI is InChI=1S/C20H20F3N5O/c1-12(2)18-16(19(29)27-13(3)14-6-8-24-9-7-14)11-26-28(18)17-5-4-15(10-25-17)20(21,22)23/h4-13H,1-3H3,(H,27,29). The SMILES string of the molecule is CC(C)c1c(C(=O)NC(C)c2ccncc2)cnn1-c1ccc(C(F)(F)F)cn1. The second-order valence-corrected chi connectivity index (χ2v) is 6.89. The minimum atomic E-state index is -4.47. The van der Waals surface area contributed by atoms with Gasteiger partial charge in [-0.25, -0.2) is 9.67 Å². The van der Waals surface area contributed by atoms with E-state index in [-0.39, 0.29) is 23.7 Å². The van der Waals surface area contributed by atoms with Gasteiger partial charge in [-0.3, -0.25) is 9.78 Å². The molecule has 3 rings (SSSR count). The van der Waals surface area contributed by atoms with E-state index in [4.69, 9.17) is 0 Å². The van der Waals surface area contributed by atoms with E-state index in [1.807, 2.05) is 32.9 Å². The Morgan fingerprint density at radius 2 is 1.76 bits per heavy atom. The molecule has 1 amide bonds. The Morgan fingerprint density at radius 3 is 2.31 bits per heavy atom. The van der Waals surface area contributed by atoms with Gasteiger partial charge in [0.1, 0.15) is 0 Å². The van der Waals surface area contributed by atoms with Gasteiger partial charge in [-0.15, -0.1) is 0 Å². The Kier molecular flexibility index (Phi) is 5.67. The number of aromatic nitrogens is 4. The molecule has 0 spiro atoms. The number of rotatable bonds is 5. The van der Waals surface area contributed by atoms with Crippen molar-refractivity contribution in [2.45, 2.75) is 38.9 Å². The van der Waals surface area contributed by atoms with Crippen LogP contribution in [0.15, 0.2) is 49.1 Å². The van der Waals surface area contributed by atoms with E-state index in [1.54, 1.807) is 12.4 Å². The van der Waals surface area contributed by atoms with Crippen LogP contribution >= 0.6 is 0 Å². The van der Waals surface area contributed by atoms with Gasteiger partial charge < -0.3 is 5.32 Å². The molecule has 1 N–H and O–H groups in total. The Balaban J connectivity index is 1.90. The van der Waals surface area contributed by atoms with E-state index in [0.29, 0.717) is 11.3 Å². The van der Waals surface area contributed by atoms with Gasteiger partial charge in [0.2, 0.25) is 0 Å². The maximum atomic E-state index is 12.8. The lowest BCUT2D eigenvalue weighted by Crippen LogP contribution is -2.27. The van der Waals surface area contributed by atoms with E-state index >= 15 is 0 Å². The van der Waals surface area contributed by atoms with E-state index in [2.05, 4.69) is 20.4 Å². The molecule has 0 saturated carbocycles. The van der Waals surface area contributed by atoms with Crippen molar-refractivity contribution in [3.8, 4) is 5.82 Å². The molecule has 0 bridgehead atoms. The molecule has 3 aromatic rings. The number of amides is 1. The van der Waals surface area contributed by atoms with Crippen LogP contribution in [0.5, 0.6) is 0 Å². The lowest BCUT2D eigenvalue weighted by Gasteiger charge is -2.16. The Bertz CT molecular complexity index is 982. The molecule has 6 nitrogen and oxygen atoms in total. The Morgan fingerprint density at radius 1 is 1.07 bits per heavy atom. The summed E-state index contributed by atoms with van der Waals surface area (Å²) < 4.78 is 39.7. The molecule has 152 valence electrons. The number of alkyl halides is 3. The molecule has 0 aromatic carbocycles. The minimum Gasteiger partial charge on any atom is -0.345 e. The minimum absolute atomic E-state index is 0.112. The van der Waals surface area contributed by atoms with Crippen LogP contribution in [0.1, 0.15) is 59.9 Å². The number of pyridine rings is 2. The predicted molar refractivity (Wildman–Crippen MR) is 101 cm³/mol. The van der Waals surface area contributed by atoms with Crippen molar-refractivity contribution in [1.29, 1.82) is 0 Å². The van der Waals surface area contributed by atoms with Gasteiger partial charge >= 0.3 is 6.18 Å². The zero-order valence-electron chi connectivity index (χ0n) is 16.1. The van der Waals surface area contributed by atoms with Crippen LogP contribution in [0.3, 0.4) is 0 Å². The second kappa shape index (κ2) is 8.02. The number of nitrogens with one attached hydrogen (secondary N) is 1. The summed E-state index contributed by atoms with van der Waals surface area (Å²) in [6.45, 7) is 5.60. The third-order valence-electron chi connectivity index (χ3n) is 4.44. The molecule has 0 aliphatic carbocycles. The van der Waals surface area contributed by atoms with Crippen molar-refractivity contribution in [2.24, 2.45) is 0 Å². The van der Waals surface area contributed by atoms with Crippen LogP contribution < -0.4 is 5.32 Å². The van der Waals surface area contributed by atoms with E-state index in [0.717, 1.165) is 17.8 Å². The summed E-state index contributed by atoms with van der Waals surface area (Å²) in [5.74, 6) is -0.224. The number of hydrogen-bond acceptors (Lipinski definition) is 4. The molecule has 29 heavy (non-hydrogen) atoms. The molecule has 0 aliphatic rings. The highest BCUT2D eigenvalue weighted by Gasteiger charge is 2.31. The molecule has 0 radical (unpaired) electrons.